The lowest BCUT2D eigenvalue weighted by atomic mass is 9.84. The summed E-state index contributed by atoms with van der Waals surface area (Å²) in [5.74, 6) is -1.27. The molecule has 1 amide bonds. The molecule has 1 unspecified atom stereocenters. The van der Waals surface area contributed by atoms with Crippen molar-refractivity contribution >= 4 is 28.4 Å². The van der Waals surface area contributed by atoms with Crippen LogP contribution in [-0.4, -0.2) is 33.2 Å². The van der Waals surface area contributed by atoms with Gasteiger partial charge in [-0.25, -0.2) is 0 Å². The highest BCUT2D eigenvalue weighted by molar-refractivity contribution is 6.46. The number of nitrogens with zero attached hydrogens (tertiary/aromatic N) is 1. The third-order valence-corrected chi connectivity index (χ3v) is 6.87. The number of Topliss-reactive ketones (excluding diaryl/α,β-unsaturated/α-hetero) is 1. The largest absolute Gasteiger partial charge is 0.507 e. The Hall–Kier alpha value is -3.34. The van der Waals surface area contributed by atoms with Crippen molar-refractivity contribution in [2.75, 3.05) is 6.54 Å². The summed E-state index contributed by atoms with van der Waals surface area (Å²) >= 11 is 0. The third kappa shape index (κ3) is 3.93. The Kier molecular flexibility index (Phi) is 6.15. The zero-order valence-corrected chi connectivity index (χ0v) is 21.0. The predicted octanol–water partition coefficient (Wildman–Crippen LogP) is 6.30. The number of amides is 1. The average molecular weight is 459 g/mol. The number of aliphatic hydroxyl groups excluding tert-OH is 1. The fourth-order valence-corrected chi connectivity index (χ4v) is 4.88. The number of carbonyl (C=O) groups is 2. The molecule has 2 heterocycles. The molecule has 3 aromatic rings. The molecule has 0 radical (unpaired) electrons. The molecule has 2 N–H and O–H groups in total. The number of fused-ring (bicyclic) bond motifs is 1. The van der Waals surface area contributed by atoms with E-state index >= 15 is 0 Å². The molecular formula is C29H34N2O3. The van der Waals surface area contributed by atoms with Crippen LogP contribution in [0.5, 0.6) is 0 Å². The van der Waals surface area contributed by atoms with Crippen molar-refractivity contribution in [3.05, 3.63) is 76.0 Å². The van der Waals surface area contributed by atoms with E-state index in [1.54, 1.807) is 4.90 Å². The predicted molar refractivity (Wildman–Crippen MR) is 137 cm³/mol. The summed E-state index contributed by atoms with van der Waals surface area (Å²) in [6.45, 7) is 12.7. The average Bonchev–Trinajstić information content (AvgIpc) is 3.23. The van der Waals surface area contributed by atoms with Crippen molar-refractivity contribution in [3.8, 4) is 0 Å². The Morgan fingerprint density at radius 2 is 1.79 bits per heavy atom. The van der Waals surface area contributed by atoms with Crippen LogP contribution < -0.4 is 0 Å². The van der Waals surface area contributed by atoms with Crippen LogP contribution in [0, 0.1) is 13.8 Å². The summed E-state index contributed by atoms with van der Waals surface area (Å²) in [6.07, 6.45) is 1.68. The van der Waals surface area contributed by atoms with Crippen LogP contribution >= 0.6 is 0 Å². The minimum Gasteiger partial charge on any atom is -0.507 e. The fourth-order valence-electron chi connectivity index (χ4n) is 4.88. The number of H-pyrrole nitrogens is 1. The first-order valence-electron chi connectivity index (χ1n) is 12.0. The maximum absolute atomic E-state index is 13.4. The molecule has 34 heavy (non-hydrogen) atoms. The topological polar surface area (TPSA) is 73.4 Å². The van der Waals surface area contributed by atoms with Gasteiger partial charge in [0.05, 0.1) is 11.6 Å². The first-order chi connectivity index (χ1) is 16.1. The van der Waals surface area contributed by atoms with Gasteiger partial charge in [0.2, 0.25) is 0 Å². The van der Waals surface area contributed by atoms with Gasteiger partial charge in [0.25, 0.3) is 11.7 Å². The highest BCUT2D eigenvalue weighted by Crippen LogP contribution is 2.44. The Morgan fingerprint density at radius 3 is 2.47 bits per heavy atom. The number of carbonyl (C=O) groups excluding carboxylic acids is 2. The molecule has 5 nitrogen and oxygen atoms in total. The molecule has 4 rings (SSSR count). The maximum atomic E-state index is 13.4. The van der Waals surface area contributed by atoms with Gasteiger partial charge < -0.3 is 15.0 Å². The van der Waals surface area contributed by atoms with Crippen molar-refractivity contribution in [1.29, 1.82) is 0 Å². The van der Waals surface area contributed by atoms with Gasteiger partial charge in [-0.2, -0.15) is 0 Å². The number of unbranched alkanes of at least 4 members (excludes halogenated alkanes) is 1. The minimum absolute atomic E-state index is 0.101. The van der Waals surface area contributed by atoms with Crippen molar-refractivity contribution in [2.24, 2.45) is 0 Å². The smallest absolute Gasteiger partial charge is 0.295 e. The Balaban J connectivity index is 2.00. The van der Waals surface area contributed by atoms with E-state index < -0.39 is 17.7 Å². The lowest BCUT2D eigenvalue weighted by Gasteiger charge is -2.26. The van der Waals surface area contributed by atoms with Crippen molar-refractivity contribution in [2.45, 2.75) is 65.8 Å². The SMILES string of the molecule is CCCCN1C(=O)C(=O)/C(=C(/O)c2cc(C(C)(C)C)ccc2C)C1c1c(C)[nH]c2ccccc12. The number of hydrogen-bond donors (Lipinski definition) is 2. The summed E-state index contributed by atoms with van der Waals surface area (Å²) in [5, 5.41) is 12.6. The number of benzene rings is 2. The van der Waals surface area contributed by atoms with Crippen LogP contribution in [0.2, 0.25) is 0 Å². The van der Waals surface area contributed by atoms with Crippen molar-refractivity contribution in [1.82, 2.24) is 9.88 Å². The molecule has 2 aromatic carbocycles. The molecule has 1 aromatic heterocycles. The molecule has 1 aliphatic rings. The molecule has 178 valence electrons. The Labute approximate surface area is 201 Å². The number of para-hydroxylation sites is 1. The molecule has 1 aliphatic heterocycles. The number of aliphatic hydroxyl groups is 1. The maximum Gasteiger partial charge on any atom is 0.295 e. The zero-order valence-electron chi connectivity index (χ0n) is 21.0. The number of ketones is 1. The number of aromatic nitrogens is 1. The summed E-state index contributed by atoms with van der Waals surface area (Å²) in [4.78, 5) is 31.7. The Bertz CT molecular complexity index is 1310. The van der Waals surface area contributed by atoms with E-state index in [-0.39, 0.29) is 16.7 Å². The minimum atomic E-state index is -0.639. The number of aromatic amines is 1. The Morgan fingerprint density at radius 1 is 1.09 bits per heavy atom. The van der Waals surface area contributed by atoms with Crippen LogP contribution in [0.4, 0.5) is 0 Å². The molecule has 1 atom stereocenters. The van der Waals surface area contributed by atoms with Gasteiger partial charge in [-0.1, -0.05) is 64.4 Å². The molecule has 0 spiro atoms. The van der Waals surface area contributed by atoms with E-state index in [1.807, 2.05) is 56.3 Å². The molecule has 5 heteroatoms. The number of aryl methyl sites for hydroxylation is 2. The standard InChI is InChI=1S/C29H34N2O3/c1-7-8-15-31-25(23-18(3)30-22-12-10-9-11-20(22)23)24(27(33)28(31)34)26(32)21-16-19(29(4,5)6)14-13-17(21)2/h9-14,16,25,30,32H,7-8,15H2,1-6H3/b26-24+. The number of hydrogen-bond acceptors (Lipinski definition) is 3. The van der Waals surface area contributed by atoms with Crippen LogP contribution in [0.1, 0.15) is 74.5 Å². The van der Waals surface area contributed by atoms with E-state index in [9.17, 15) is 14.7 Å². The first kappa shape index (κ1) is 23.8. The van der Waals surface area contributed by atoms with E-state index in [4.69, 9.17) is 0 Å². The lowest BCUT2D eigenvalue weighted by molar-refractivity contribution is -0.139. The second-order valence-corrected chi connectivity index (χ2v) is 10.3. The van der Waals surface area contributed by atoms with Crippen molar-refractivity contribution < 1.29 is 14.7 Å². The number of likely N-dealkylation sites (tertiary alicyclic amines) is 1. The van der Waals surface area contributed by atoms with Gasteiger partial charge in [-0.05, 0) is 48.9 Å². The van der Waals surface area contributed by atoms with Gasteiger partial charge in [0.15, 0.2) is 0 Å². The van der Waals surface area contributed by atoms with Crippen LogP contribution in [-0.2, 0) is 15.0 Å². The van der Waals surface area contributed by atoms with Gasteiger partial charge >= 0.3 is 0 Å². The van der Waals surface area contributed by atoms with Crippen LogP contribution in [0.3, 0.4) is 0 Å². The molecule has 1 saturated heterocycles. The summed E-state index contributed by atoms with van der Waals surface area (Å²) in [7, 11) is 0. The molecule has 0 saturated carbocycles. The highest BCUT2D eigenvalue weighted by Gasteiger charge is 2.47. The third-order valence-electron chi connectivity index (χ3n) is 6.87. The summed E-state index contributed by atoms with van der Waals surface area (Å²) in [6, 6.07) is 13.2. The second-order valence-electron chi connectivity index (χ2n) is 10.3. The van der Waals surface area contributed by atoms with Gasteiger partial charge in [-0.3, -0.25) is 9.59 Å². The lowest BCUT2D eigenvalue weighted by Crippen LogP contribution is -2.30. The molecule has 0 aliphatic carbocycles. The van der Waals surface area contributed by atoms with E-state index in [0.29, 0.717) is 12.1 Å². The number of nitrogens with one attached hydrogen (secondary N) is 1. The quantitative estimate of drug-likeness (QED) is 0.267. The first-order valence-corrected chi connectivity index (χ1v) is 12.0. The van der Waals surface area contributed by atoms with Gasteiger partial charge in [0.1, 0.15) is 5.76 Å². The molecular weight excluding hydrogens is 424 g/mol. The second kappa shape index (κ2) is 8.79. The number of rotatable bonds is 5. The van der Waals surface area contributed by atoms with E-state index in [0.717, 1.165) is 46.1 Å². The van der Waals surface area contributed by atoms with E-state index in [2.05, 4.69) is 32.7 Å². The van der Waals surface area contributed by atoms with Crippen LogP contribution in [0.15, 0.2) is 48.0 Å². The van der Waals surface area contributed by atoms with Gasteiger partial charge in [-0.15, -0.1) is 0 Å². The summed E-state index contributed by atoms with van der Waals surface area (Å²) < 4.78 is 0. The monoisotopic (exact) mass is 458 g/mol. The van der Waals surface area contributed by atoms with Crippen LogP contribution in [0.25, 0.3) is 16.7 Å². The normalized spacial score (nSPS) is 18.3. The molecule has 0 bridgehead atoms. The highest BCUT2D eigenvalue weighted by atomic mass is 16.3. The van der Waals surface area contributed by atoms with Crippen molar-refractivity contribution in [3.63, 3.8) is 0 Å². The fraction of sp³-hybridized carbons (Fsp3) is 0.379. The van der Waals surface area contributed by atoms with E-state index in [1.165, 1.54) is 0 Å². The van der Waals surface area contributed by atoms with Gasteiger partial charge in [0, 0.05) is 34.3 Å². The summed E-state index contributed by atoms with van der Waals surface area (Å²) in [5.41, 5.74) is 5.27. The molecule has 1 fully saturated rings. The zero-order chi connectivity index (χ0) is 24.8.